The van der Waals surface area contributed by atoms with E-state index < -0.39 is 22.8 Å². The summed E-state index contributed by atoms with van der Waals surface area (Å²) in [6.07, 6.45) is 16.7. The highest BCUT2D eigenvalue weighted by Gasteiger charge is 2.51. The highest BCUT2D eigenvalue weighted by molar-refractivity contribution is 6.11. The quantitative estimate of drug-likeness (QED) is 0.0636. The third kappa shape index (κ3) is 7.41. The van der Waals surface area contributed by atoms with E-state index in [1.807, 2.05) is 65.0 Å². The molecule has 266 valence electrons. The number of amides is 2. The third-order valence-electron chi connectivity index (χ3n) is 9.94. The summed E-state index contributed by atoms with van der Waals surface area (Å²) in [5.41, 5.74) is 4.87. The van der Waals surface area contributed by atoms with Crippen molar-refractivity contribution in [2.24, 2.45) is 11.8 Å². The molecule has 3 aromatic rings. The Kier molecular flexibility index (Phi) is 10.5. The first-order chi connectivity index (χ1) is 24.1. The molecule has 51 heavy (non-hydrogen) atoms. The van der Waals surface area contributed by atoms with Crippen molar-refractivity contribution in [1.82, 2.24) is 15.6 Å². The number of H-pyrrole nitrogens is 1. The molecule has 1 aliphatic heterocycles. The van der Waals surface area contributed by atoms with Gasteiger partial charge in [0.05, 0.1) is 5.56 Å². The van der Waals surface area contributed by atoms with E-state index in [2.05, 4.69) is 54.3 Å². The molecular formula is C43H49N3O5. The number of phenolic OH excluding ortho intramolecular Hbond substituents is 2. The number of aromatic nitrogens is 1. The Morgan fingerprint density at radius 3 is 2.37 bits per heavy atom. The zero-order valence-electron chi connectivity index (χ0n) is 30.6. The Labute approximate surface area is 300 Å². The SMILES string of the molecule is C=CC(C)(C)c1[nH]c2cc(CC=C(C)C)ccc2c1C=C1NC(=O)[C@@]2(C[C@@H](C)C=C[C@H]2C=Cc2c(O)cc(CC=C(C)C)c(O)c2C=O)NC1=O. The number of carbonyl (C=O) groups is 3. The second-order valence-corrected chi connectivity index (χ2v) is 14.9. The number of aromatic amines is 1. The lowest BCUT2D eigenvalue weighted by atomic mass is 9.71. The number of nitrogens with one attached hydrogen (secondary N) is 3. The maximum Gasteiger partial charge on any atom is 0.268 e. The molecule has 1 aliphatic carbocycles. The number of aldehydes is 1. The molecule has 1 spiro atoms. The van der Waals surface area contributed by atoms with Crippen LogP contribution in [0.15, 0.2) is 84.1 Å². The van der Waals surface area contributed by atoms with Crippen molar-refractivity contribution < 1.29 is 24.6 Å². The molecule has 1 saturated heterocycles. The summed E-state index contributed by atoms with van der Waals surface area (Å²) in [6.45, 7) is 18.1. The van der Waals surface area contributed by atoms with Crippen LogP contribution in [-0.2, 0) is 27.8 Å². The van der Waals surface area contributed by atoms with E-state index in [-0.39, 0.29) is 40.1 Å². The first-order valence-corrected chi connectivity index (χ1v) is 17.4. The first-order valence-electron chi connectivity index (χ1n) is 17.4. The molecule has 2 aliphatic rings. The summed E-state index contributed by atoms with van der Waals surface area (Å²) >= 11 is 0. The molecule has 0 radical (unpaired) electrons. The van der Waals surface area contributed by atoms with Crippen LogP contribution in [0.5, 0.6) is 11.5 Å². The fourth-order valence-corrected chi connectivity index (χ4v) is 6.84. The fourth-order valence-electron chi connectivity index (χ4n) is 6.84. The van der Waals surface area contributed by atoms with Gasteiger partial charge < -0.3 is 25.8 Å². The predicted octanol–water partition coefficient (Wildman–Crippen LogP) is 8.12. The molecule has 2 aromatic carbocycles. The Morgan fingerprint density at radius 1 is 1.00 bits per heavy atom. The molecule has 0 bridgehead atoms. The van der Waals surface area contributed by atoms with Crippen LogP contribution < -0.4 is 10.6 Å². The minimum atomic E-state index is -1.33. The van der Waals surface area contributed by atoms with Crippen LogP contribution in [0, 0.1) is 11.8 Å². The summed E-state index contributed by atoms with van der Waals surface area (Å²) in [7, 11) is 0. The van der Waals surface area contributed by atoms with Crippen LogP contribution in [0.4, 0.5) is 0 Å². The average Bonchev–Trinajstić information content (AvgIpc) is 3.44. The fraction of sp³-hybridized carbons (Fsp3) is 0.326. The number of fused-ring (bicyclic) bond motifs is 1. The summed E-state index contributed by atoms with van der Waals surface area (Å²) in [5.74, 6) is -1.81. The van der Waals surface area contributed by atoms with Crippen molar-refractivity contribution >= 4 is 41.2 Å². The van der Waals surface area contributed by atoms with Crippen LogP contribution in [0.1, 0.15) is 93.2 Å². The Bertz CT molecular complexity index is 2060. The summed E-state index contributed by atoms with van der Waals surface area (Å²) in [6, 6.07) is 7.68. The zero-order chi connectivity index (χ0) is 37.2. The van der Waals surface area contributed by atoms with Crippen LogP contribution in [0.3, 0.4) is 0 Å². The van der Waals surface area contributed by atoms with Crippen LogP contribution in [0.2, 0.25) is 0 Å². The topological polar surface area (TPSA) is 132 Å². The molecule has 3 atom stereocenters. The lowest BCUT2D eigenvalue weighted by Gasteiger charge is -2.44. The van der Waals surface area contributed by atoms with E-state index in [9.17, 15) is 24.6 Å². The lowest BCUT2D eigenvalue weighted by molar-refractivity contribution is -0.138. The third-order valence-corrected chi connectivity index (χ3v) is 9.94. The van der Waals surface area contributed by atoms with Gasteiger partial charge in [-0.15, -0.1) is 6.58 Å². The summed E-state index contributed by atoms with van der Waals surface area (Å²) in [4.78, 5) is 43.9. The van der Waals surface area contributed by atoms with Crippen LogP contribution >= 0.6 is 0 Å². The largest absolute Gasteiger partial charge is 0.507 e. The number of phenols is 2. The molecule has 8 nitrogen and oxygen atoms in total. The van der Waals surface area contributed by atoms with E-state index in [1.165, 1.54) is 17.7 Å². The maximum atomic E-state index is 14.2. The maximum absolute atomic E-state index is 14.2. The molecule has 8 heteroatoms. The van der Waals surface area contributed by atoms with Crippen molar-refractivity contribution in [2.75, 3.05) is 0 Å². The van der Waals surface area contributed by atoms with Crippen LogP contribution in [0.25, 0.3) is 23.1 Å². The molecule has 5 rings (SSSR count). The van der Waals surface area contributed by atoms with E-state index >= 15 is 0 Å². The van der Waals surface area contributed by atoms with Crippen molar-refractivity contribution in [3.63, 3.8) is 0 Å². The predicted molar refractivity (Wildman–Crippen MR) is 205 cm³/mol. The summed E-state index contributed by atoms with van der Waals surface area (Å²) < 4.78 is 0. The molecule has 1 aromatic heterocycles. The molecule has 0 saturated carbocycles. The van der Waals surface area contributed by atoms with E-state index in [0.29, 0.717) is 24.7 Å². The normalized spacial score (nSPS) is 21.2. The smallest absolute Gasteiger partial charge is 0.268 e. The van der Waals surface area contributed by atoms with E-state index in [0.717, 1.165) is 39.7 Å². The number of allylic oxidation sites excluding steroid dienone is 6. The Balaban J connectivity index is 1.52. The van der Waals surface area contributed by atoms with Gasteiger partial charge in [-0.3, -0.25) is 14.4 Å². The molecule has 2 amide bonds. The van der Waals surface area contributed by atoms with Gasteiger partial charge in [-0.25, -0.2) is 0 Å². The van der Waals surface area contributed by atoms with Gasteiger partial charge in [0.25, 0.3) is 11.8 Å². The Morgan fingerprint density at radius 2 is 1.71 bits per heavy atom. The minimum absolute atomic E-state index is 0.0160. The standard InChI is InChI=1S/C43H49N3O5/c1-9-42(7,8)39-33(31-18-14-28(13-10-25(2)3)20-35(31)44-39)22-36-40(50)46-43(41(51)45-36)23-27(6)12-16-30(43)17-19-32-34(24-47)38(49)29(21-37(32)48)15-11-26(4)5/h9-12,14,16-22,24,27,30,44,48-49H,1,13,15,23H2,2-8H3,(H,45,51)(H,46,50)/t27-,30-,43-/m0/s1. The van der Waals surface area contributed by atoms with Crippen LogP contribution in [-0.4, -0.2) is 38.8 Å². The minimum Gasteiger partial charge on any atom is -0.507 e. The molecule has 0 unspecified atom stereocenters. The van der Waals surface area contributed by atoms with Crippen molar-refractivity contribution in [3.8, 4) is 11.5 Å². The van der Waals surface area contributed by atoms with Crippen molar-refractivity contribution in [2.45, 2.75) is 78.7 Å². The van der Waals surface area contributed by atoms with Gasteiger partial charge in [0.15, 0.2) is 6.29 Å². The number of piperazine rings is 1. The zero-order valence-corrected chi connectivity index (χ0v) is 30.6. The van der Waals surface area contributed by atoms with Gasteiger partial charge in [-0.1, -0.05) is 86.6 Å². The number of carbonyl (C=O) groups excluding carboxylic acids is 3. The van der Waals surface area contributed by atoms with E-state index in [1.54, 1.807) is 12.2 Å². The average molecular weight is 688 g/mol. The lowest BCUT2D eigenvalue weighted by Crippen LogP contribution is -2.68. The highest BCUT2D eigenvalue weighted by Crippen LogP contribution is 2.40. The van der Waals surface area contributed by atoms with Gasteiger partial charge in [0, 0.05) is 44.6 Å². The Hall–Kier alpha value is -5.37. The number of rotatable bonds is 10. The number of hydrogen-bond donors (Lipinski definition) is 5. The monoisotopic (exact) mass is 687 g/mol. The second kappa shape index (κ2) is 14.5. The van der Waals surface area contributed by atoms with E-state index in [4.69, 9.17) is 0 Å². The molecule has 1 fully saturated rings. The molecular weight excluding hydrogens is 638 g/mol. The second-order valence-electron chi connectivity index (χ2n) is 14.9. The van der Waals surface area contributed by atoms with Crippen molar-refractivity contribution in [3.05, 3.63) is 118 Å². The number of aromatic hydroxyl groups is 2. The molecule has 2 heterocycles. The van der Waals surface area contributed by atoms with Crippen molar-refractivity contribution in [1.29, 1.82) is 0 Å². The number of benzene rings is 2. The molecule has 5 N–H and O–H groups in total. The number of hydrogen-bond acceptors (Lipinski definition) is 5. The first kappa shape index (κ1) is 36.9. The van der Waals surface area contributed by atoms with Gasteiger partial charge in [-0.05, 0) is 76.6 Å². The van der Waals surface area contributed by atoms with Gasteiger partial charge in [-0.2, -0.15) is 0 Å². The van der Waals surface area contributed by atoms with Gasteiger partial charge >= 0.3 is 0 Å². The summed E-state index contributed by atoms with van der Waals surface area (Å²) in [5, 5.41) is 28.7. The van der Waals surface area contributed by atoms with Gasteiger partial charge in [0.2, 0.25) is 0 Å². The highest BCUT2D eigenvalue weighted by atomic mass is 16.3. The van der Waals surface area contributed by atoms with Gasteiger partial charge in [0.1, 0.15) is 22.7 Å².